The van der Waals surface area contributed by atoms with E-state index in [1.165, 1.54) is 28.9 Å². The maximum Gasteiger partial charge on any atom is 0.0584 e. The van der Waals surface area contributed by atoms with Crippen LogP contribution in [-0.4, -0.2) is 38.3 Å². The Bertz CT molecular complexity index is 591. The minimum Gasteiger partial charge on any atom is -0.341 e. The molecule has 1 heterocycles. The Balaban J connectivity index is 1.99. The number of thioether (sulfide) groups is 1. The molecule has 0 aromatic heterocycles. The zero-order valence-corrected chi connectivity index (χ0v) is 14.4. The highest BCUT2D eigenvalue weighted by Crippen LogP contribution is 2.49. The summed E-state index contributed by atoms with van der Waals surface area (Å²) in [5.41, 5.74) is 5.63. The number of rotatable bonds is 5. The van der Waals surface area contributed by atoms with E-state index in [4.69, 9.17) is 0 Å². The van der Waals surface area contributed by atoms with E-state index in [0.29, 0.717) is 5.25 Å². The van der Waals surface area contributed by atoms with Crippen LogP contribution in [0.2, 0.25) is 0 Å². The Morgan fingerprint density at radius 3 is 2.00 bits per heavy atom. The molecule has 116 valence electrons. The second kappa shape index (κ2) is 6.76. The molecule has 2 nitrogen and oxygen atoms in total. The standard InChI is InChI=1S/C19H24N2S/c1-20(2)13-8-14-21-17-11-6-4-9-15(17)19(22-3)16-10-5-7-12-18(16)21/h4-7,9-12,19H,8,13-14H2,1-3H3. The van der Waals surface area contributed by atoms with E-state index in [9.17, 15) is 0 Å². The summed E-state index contributed by atoms with van der Waals surface area (Å²) in [7, 11) is 4.28. The summed E-state index contributed by atoms with van der Waals surface area (Å²) < 4.78 is 0. The number of fused-ring (bicyclic) bond motifs is 2. The summed E-state index contributed by atoms with van der Waals surface area (Å²) in [5.74, 6) is 0. The highest BCUT2D eigenvalue weighted by molar-refractivity contribution is 7.99. The van der Waals surface area contributed by atoms with Crippen molar-refractivity contribution in [1.29, 1.82) is 0 Å². The van der Waals surface area contributed by atoms with Crippen molar-refractivity contribution < 1.29 is 0 Å². The fourth-order valence-electron chi connectivity index (χ4n) is 3.25. The van der Waals surface area contributed by atoms with Crippen molar-refractivity contribution in [3.05, 3.63) is 59.7 Å². The fraction of sp³-hybridized carbons (Fsp3) is 0.368. The molecule has 2 aromatic carbocycles. The lowest BCUT2D eigenvalue weighted by Gasteiger charge is -2.37. The first-order valence-corrected chi connectivity index (χ1v) is 9.14. The van der Waals surface area contributed by atoms with Crippen LogP contribution < -0.4 is 4.90 Å². The molecule has 0 spiro atoms. The summed E-state index contributed by atoms with van der Waals surface area (Å²) in [6.45, 7) is 2.18. The maximum absolute atomic E-state index is 2.50. The first-order chi connectivity index (χ1) is 10.7. The van der Waals surface area contributed by atoms with Gasteiger partial charge in [0.1, 0.15) is 0 Å². The first kappa shape index (κ1) is 15.4. The first-order valence-electron chi connectivity index (χ1n) is 7.85. The van der Waals surface area contributed by atoms with E-state index < -0.39 is 0 Å². The molecule has 22 heavy (non-hydrogen) atoms. The molecule has 0 unspecified atom stereocenters. The van der Waals surface area contributed by atoms with Crippen molar-refractivity contribution in [1.82, 2.24) is 4.90 Å². The Hall–Kier alpha value is -1.45. The van der Waals surface area contributed by atoms with Crippen molar-refractivity contribution in [3.63, 3.8) is 0 Å². The van der Waals surface area contributed by atoms with Gasteiger partial charge in [0.05, 0.1) is 5.25 Å². The number of benzene rings is 2. The van der Waals surface area contributed by atoms with Gasteiger partial charge < -0.3 is 9.80 Å². The average molecular weight is 312 g/mol. The topological polar surface area (TPSA) is 6.48 Å². The quantitative estimate of drug-likeness (QED) is 0.800. The third-order valence-electron chi connectivity index (χ3n) is 4.24. The summed E-state index contributed by atoms with van der Waals surface area (Å²) in [6, 6.07) is 17.7. The molecular formula is C19H24N2S. The van der Waals surface area contributed by atoms with Crippen LogP contribution in [0.25, 0.3) is 0 Å². The summed E-state index contributed by atoms with van der Waals surface area (Å²) in [4.78, 5) is 4.76. The number of hydrogen-bond acceptors (Lipinski definition) is 3. The Morgan fingerprint density at radius 2 is 1.50 bits per heavy atom. The zero-order chi connectivity index (χ0) is 15.5. The molecular weight excluding hydrogens is 288 g/mol. The van der Waals surface area contributed by atoms with Gasteiger partial charge in [0.25, 0.3) is 0 Å². The molecule has 0 N–H and O–H groups in total. The van der Waals surface area contributed by atoms with E-state index in [1.54, 1.807) is 0 Å². The van der Waals surface area contributed by atoms with Crippen LogP contribution in [0.4, 0.5) is 11.4 Å². The number of anilines is 2. The molecule has 0 bridgehead atoms. The molecule has 1 aliphatic rings. The molecule has 0 saturated heterocycles. The summed E-state index contributed by atoms with van der Waals surface area (Å²) >= 11 is 1.93. The normalized spacial score (nSPS) is 14.1. The smallest absolute Gasteiger partial charge is 0.0584 e. The summed E-state index contributed by atoms with van der Waals surface area (Å²) in [6.07, 6.45) is 3.37. The highest BCUT2D eigenvalue weighted by atomic mass is 32.2. The van der Waals surface area contributed by atoms with Crippen molar-refractivity contribution in [2.45, 2.75) is 11.7 Å². The molecule has 2 aromatic rings. The van der Waals surface area contributed by atoms with Gasteiger partial charge in [-0.3, -0.25) is 0 Å². The lowest BCUT2D eigenvalue weighted by Crippen LogP contribution is -2.28. The third-order valence-corrected chi connectivity index (χ3v) is 5.22. The van der Waals surface area contributed by atoms with E-state index in [-0.39, 0.29) is 0 Å². The maximum atomic E-state index is 2.50. The predicted molar refractivity (Wildman–Crippen MR) is 98.4 cm³/mol. The van der Waals surface area contributed by atoms with Gasteiger partial charge in [0.2, 0.25) is 0 Å². The van der Waals surface area contributed by atoms with E-state index >= 15 is 0 Å². The van der Waals surface area contributed by atoms with Gasteiger partial charge in [-0.2, -0.15) is 11.8 Å². The second-order valence-corrected chi connectivity index (χ2v) is 6.98. The van der Waals surface area contributed by atoms with Gasteiger partial charge in [0, 0.05) is 17.9 Å². The highest BCUT2D eigenvalue weighted by Gasteiger charge is 2.28. The lowest BCUT2D eigenvalue weighted by molar-refractivity contribution is 0.402. The van der Waals surface area contributed by atoms with E-state index in [1.807, 2.05) is 11.8 Å². The molecule has 0 atom stereocenters. The van der Waals surface area contributed by atoms with Crippen LogP contribution in [-0.2, 0) is 0 Å². The van der Waals surface area contributed by atoms with Crippen LogP contribution in [0.15, 0.2) is 48.5 Å². The molecule has 3 rings (SSSR count). The second-order valence-electron chi connectivity index (χ2n) is 6.04. The molecule has 0 fully saturated rings. The third kappa shape index (κ3) is 2.88. The van der Waals surface area contributed by atoms with Crippen LogP contribution in [0.1, 0.15) is 22.8 Å². The summed E-state index contributed by atoms with van der Waals surface area (Å²) in [5, 5.41) is 0.442. The molecule has 0 aliphatic carbocycles. The minimum absolute atomic E-state index is 0.442. The number of hydrogen-bond donors (Lipinski definition) is 0. The predicted octanol–water partition coefficient (Wildman–Crippen LogP) is 4.54. The van der Waals surface area contributed by atoms with Gasteiger partial charge >= 0.3 is 0 Å². The Morgan fingerprint density at radius 1 is 0.955 bits per heavy atom. The number of para-hydroxylation sites is 2. The van der Waals surface area contributed by atoms with E-state index in [2.05, 4.69) is 78.7 Å². The van der Waals surface area contributed by atoms with Crippen LogP contribution in [0.5, 0.6) is 0 Å². The Labute approximate surface area is 138 Å². The molecule has 0 amide bonds. The van der Waals surface area contributed by atoms with Crippen LogP contribution >= 0.6 is 11.8 Å². The lowest BCUT2D eigenvalue weighted by atomic mass is 9.95. The zero-order valence-electron chi connectivity index (χ0n) is 13.6. The van der Waals surface area contributed by atoms with Crippen LogP contribution in [0.3, 0.4) is 0 Å². The largest absolute Gasteiger partial charge is 0.341 e. The van der Waals surface area contributed by atoms with E-state index in [0.717, 1.165) is 13.1 Å². The monoisotopic (exact) mass is 312 g/mol. The SMILES string of the molecule is CSC1c2ccccc2N(CCCN(C)C)c2ccccc21. The molecule has 0 saturated carbocycles. The molecule has 0 radical (unpaired) electrons. The van der Waals surface area contributed by atoms with Crippen molar-refractivity contribution >= 4 is 23.1 Å². The van der Waals surface area contributed by atoms with Gasteiger partial charge in [-0.1, -0.05) is 36.4 Å². The minimum atomic E-state index is 0.442. The van der Waals surface area contributed by atoms with Crippen molar-refractivity contribution in [2.24, 2.45) is 0 Å². The molecule has 1 aliphatic heterocycles. The van der Waals surface area contributed by atoms with Crippen molar-refractivity contribution in [2.75, 3.05) is 38.3 Å². The number of nitrogens with zero attached hydrogens (tertiary/aromatic N) is 2. The van der Waals surface area contributed by atoms with Gasteiger partial charge in [-0.25, -0.2) is 0 Å². The van der Waals surface area contributed by atoms with Gasteiger partial charge in [0.15, 0.2) is 0 Å². The van der Waals surface area contributed by atoms with Crippen LogP contribution in [0, 0.1) is 0 Å². The van der Waals surface area contributed by atoms with Gasteiger partial charge in [-0.05, 0) is 56.6 Å². The van der Waals surface area contributed by atoms with Crippen molar-refractivity contribution in [3.8, 4) is 0 Å². The Kier molecular flexibility index (Phi) is 4.74. The van der Waals surface area contributed by atoms with Gasteiger partial charge in [-0.15, -0.1) is 0 Å². The fourth-order valence-corrected chi connectivity index (χ4v) is 4.15. The molecule has 3 heteroatoms. The average Bonchev–Trinajstić information content (AvgIpc) is 2.54.